The molecule has 56 valence electrons. The molecule has 0 aliphatic rings. The summed E-state index contributed by atoms with van der Waals surface area (Å²) in [4.78, 5) is 8.38. The topological polar surface area (TPSA) is 30.7 Å². The number of hydrogen-bond acceptors (Lipinski definition) is 2. The Hall–Kier alpha value is -1.38. The molecule has 0 fully saturated rings. The van der Waals surface area contributed by atoms with Gasteiger partial charge in [-0.1, -0.05) is 0 Å². The summed E-state index contributed by atoms with van der Waals surface area (Å²) in [6.07, 6.45) is 3.64. The molecule has 0 unspecified atom stereocenters. The smallest absolute Gasteiger partial charge is 0.0956 e. The summed E-state index contributed by atoms with van der Waals surface area (Å²) >= 11 is 0. The molecule has 0 N–H and O–H groups in total. The van der Waals surface area contributed by atoms with E-state index in [9.17, 15) is 0 Å². The maximum absolute atomic E-state index is 4.20. The standard InChI is InChI=1S/C8H9N3/c1-6-3-7-8(4-9-6)11(2)5-10-7/h3-5H,1-2H3. The van der Waals surface area contributed by atoms with Crippen molar-refractivity contribution in [1.82, 2.24) is 14.5 Å². The first-order valence-corrected chi connectivity index (χ1v) is 3.51. The van der Waals surface area contributed by atoms with Gasteiger partial charge in [-0.3, -0.25) is 4.98 Å². The van der Waals surface area contributed by atoms with Crippen LogP contribution in [0.15, 0.2) is 18.6 Å². The van der Waals surface area contributed by atoms with Crippen LogP contribution in [0.3, 0.4) is 0 Å². The van der Waals surface area contributed by atoms with E-state index in [4.69, 9.17) is 0 Å². The van der Waals surface area contributed by atoms with Gasteiger partial charge in [-0.25, -0.2) is 4.98 Å². The molecule has 2 aromatic heterocycles. The Morgan fingerprint density at radius 2 is 2.18 bits per heavy atom. The van der Waals surface area contributed by atoms with Crippen LogP contribution in [-0.2, 0) is 7.05 Å². The number of nitrogens with zero attached hydrogens (tertiary/aromatic N) is 3. The predicted octanol–water partition coefficient (Wildman–Crippen LogP) is 1.28. The Kier molecular flexibility index (Phi) is 1.18. The molecule has 0 aromatic carbocycles. The van der Waals surface area contributed by atoms with Gasteiger partial charge in [-0.2, -0.15) is 0 Å². The first-order valence-electron chi connectivity index (χ1n) is 3.51. The van der Waals surface area contributed by atoms with Crippen molar-refractivity contribution in [2.75, 3.05) is 0 Å². The number of aryl methyl sites for hydroxylation is 2. The Labute approximate surface area is 64.7 Å². The third kappa shape index (κ3) is 0.888. The molecule has 0 saturated heterocycles. The van der Waals surface area contributed by atoms with Gasteiger partial charge in [0.25, 0.3) is 0 Å². The highest BCUT2D eigenvalue weighted by atomic mass is 15.0. The lowest BCUT2D eigenvalue weighted by molar-refractivity contribution is 0.944. The number of pyridine rings is 1. The second-order valence-electron chi connectivity index (χ2n) is 2.67. The molecule has 0 aliphatic carbocycles. The molecule has 2 rings (SSSR count). The SMILES string of the molecule is Cc1cc2ncn(C)c2cn1. The van der Waals surface area contributed by atoms with Crippen molar-refractivity contribution < 1.29 is 0 Å². The van der Waals surface area contributed by atoms with Crippen LogP contribution in [0.4, 0.5) is 0 Å². The molecule has 3 heteroatoms. The Balaban J connectivity index is 2.86. The summed E-state index contributed by atoms with van der Waals surface area (Å²) < 4.78 is 1.96. The molecule has 3 nitrogen and oxygen atoms in total. The van der Waals surface area contributed by atoms with Gasteiger partial charge >= 0.3 is 0 Å². The highest BCUT2D eigenvalue weighted by molar-refractivity contribution is 5.74. The Morgan fingerprint density at radius 1 is 1.36 bits per heavy atom. The summed E-state index contributed by atoms with van der Waals surface area (Å²) in [5, 5.41) is 0. The summed E-state index contributed by atoms with van der Waals surface area (Å²) in [6, 6.07) is 1.98. The van der Waals surface area contributed by atoms with Gasteiger partial charge in [0, 0.05) is 12.7 Å². The molecule has 0 amide bonds. The zero-order valence-corrected chi connectivity index (χ0v) is 6.57. The number of hydrogen-bond donors (Lipinski definition) is 0. The molecule has 0 atom stereocenters. The first kappa shape index (κ1) is 6.34. The van der Waals surface area contributed by atoms with Gasteiger partial charge in [0.2, 0.25) is 0 Å². The second-order valence-corrected chi connectivity index (χ2v) is 2.67. The summed E-state index contributed by atoms with van der Waals surface area (Å²) in [5.41, 5.74) is 3.10. The molecule has 2 aromatic rings. The molecular weight excluding hydrogens is 138 g/mol. The normalized spacial score (nSPS) is 10.7. The Morgan fingerprint density at radius 3 is 3.00 bits per heavy atom. The van der Waals surface area contributed by atoms with Gasteiger partial charge in [0.05, 0.1) is 23.6 Å². The lowest BCUT2D eigenvalue weighted by Crippen LogP contribution is -1.85. The van der Waals surface area contributed by atoms with E-state index in [0.717, 1.165) is 16.7 Å². The quantitative estimate of drug-likeness (QED) is 0.562. The molecule has 0 spiro atoms. The lowest BCUT2D eigenvalue weighted by Gasteiger charge is -1.93. The van der Waals surface area contributed by atoms with Gasteiger partial charge in [-0.05, 0) is 13.0 Å². The number of rotatable bonds is 0. The van der Waals surface area contributed by atoms with E-state index in [0.29, 0.717) is 0 Å². The van der Waals surface area contributed by atoms with E-state index in [-0.39, 0.29) is 0 Å². The molecule has 2 heterocycles. The van der Waals surface area contributed by atoms with Crippen LogP contribution < -0.4 is 0 Å². The van der Waals surface area contributed by atoms with Crippen molar-refractivity contribution in [2.24, 2.45) is 7.05 Å². The summed E-state index contributed by atoms with van der Waals surface area (Å²) in [6.45, 7) is 1.97. The highest BCUT2D eigenvalue weighted by Crippen LogP contribution is 2.09. The van der Waals surface area contributed by atoms with Crippen molar-refractivity contribution in [1.29, 1.82) is 0 Å². The predicted molar refractivity (Wildman–Crippen MR) is 43.2 cm³/mol. The van der Waals surface area contributed by atoms with Crippen LogP contribution >= 0.6 is 0 Å². The van der Waals surface area contributed by atoms with E-state index in [2.05, 4.69) is 9.97 Å². The maximum Gasteiger partial charge on any atom is 0.0956 e. The van der Waals surface area contributed by atoms with Crippen LogP contribution in [0.1, 0.15) is 5.69 Å². The Bertz CT molecular complexity index is 389. The number of imidazole rings is 1. The van der Waals surface area contributed by atoms with Gasteiger partial charge in [-0.15, -0.1) is 0 Å². The van der Waals surface area contributed by atoms with E-state index < -0.39 is 0 Å². The van der Waals surface area contributed by atoms with E-state index in [1.54, 1.807) is 6.33 Å². The number of aromatic nitrogens is 3. The number of fused-ring (bicyclic) bond motifs is 1. The average molecular weight is 147 g/mol. The van der Waals surface area contributed by atoms with Crippen molar-refractivity contribution in [3.63, 3.8) is 0 Å². The fourth-order valence-electron chi connectivity index (χ4n) is 1.12. The van der Waals surface area contributed by atoms with E-state index in [1.165, 1.54) is 0 Å². The second kappa shape index (κ2) is 2.05. The molecular formula is C8H9N3. The first-order chi connectivity index (χ1) is 5.27. The van der Waals surface area contributed by atoms with Crippen LogP contribution in [0.2, 0.25) is 0 Å². The minimum atomic E-state index is 1.01. The average Bonchev–Trinajstić information content (AvgIpc) is 2.32. The molecule has 0 saturated carbocycles. The van der Waals surface area contributed by atoms with Crippen LogP contribution in [-0.4, -0.2) is 14.5 Å². The van der Waals surface area contributed by atoms with Gasteiger partial charge in [0.1, 0.15) is 0 Å². The minimum absolute atomic E-state index is 1.01. The third-order valence-corrected chi connectivity index (χ3v) is 1.75. The lowest BCUT2D eigenvalue weighted by atomic mass is 10.3. The van der Waals surface area contributed by atoms with Crippen molar-refractivity contribution in [3.05, 3.63) is 24.3 Å². The highest BCUT2D eigenvalue weighted by Gasteiger charge is 1.98. The maximum atomic E-state index is 4.20. The monoisotopic (exact) mass is 147 g/mol. The van der Waals surface area contributed by atoms with Gasteiger partial charge in [0.15, 0.2) is 0 Å². The largest absolute Gasteiger partial charge is 0.332 e. The van der Waals surface area contributed by atoms with Gasteiger partial charge < -0.3 is 4.57 Å². The fraction of sp³-hybridized carbons (Fsp3) is 0.250. The van der Waals surface area contributed by atoms with Crippen molar-refractivity contribution in [3.8, 4) is 0 Å². The summed E-state index contributed by atoms with van der Waals surface area (Å²) in [7, 11) is 1.96. The van der Waals surface area contributed by atoms with Crippen LogP contribution in [0.5, 0.6) is 0 Å². The minimum Gasteiger partial charge on any atom is -0.332 e. The van der Waals surface area contributed by atoms with Crippen molar-refractivity contribution in [2.45, 2.75) is 6.92 Å². The molecule has 0 bridgehead atoms. The fourth-order valence-corrected chi connectivity index (χ4v) is 1.12. The van der Waals surface area contributed by atoms with Crippen molar-refractivity contribution >= 4 is 11.0 Å². The zero-order valence-electron chi connectivity index (χ0n) is 6.57. The molecule has 11 heavy (non-hydrogen) atoms. The molecule has 0 aliphatic heterocycles. The summed E-state index contributed by atoms with van der Waals surface area (Å²) in [5.74, 6) is 0. The third-order valence-electron chi connectivity index (χ3n) is 1.75. The van der Waals surface area contributed by atoms with E-state index >= 15 is 0 Å². The van der Waals surface area contributed by atoms with Crippen LogP contribution in [0.25, 0.3) is 11.0 Å². The van der Waals surface area contributed by atoms with E-state index in [1.807, 2.05) is 30.8 Å². The van der Waals surface area contributed by atoms with Crippen LogP contribution in [0, 0.1) is 6.92 Å². The zero-order chi connectivity index (χ0) is 7.84. The molecule has 0 radical (unpaired) electrons.